The highest BCUT2D eigenvalue weighted by Crippen LogP contribution is 2.30. The Labute approximate surface area is 154 Å². The lowest BCUT2D eigenvalue weighted by molar-refractivity contribution is -0.117. The lowest BCUT2D eigenvalue weighted by Gasteiger charge is -2.13. The quantitative estimate of drug-likeness (QED) is 0.736. The Balaban J connectivity index is 1.59. The van der Waals surface area contributed by atoms with Gasteiger partial charge in [0.15, 0.2) is 0 Å². The Morgan fingerprint density at radius 3 is 2.38 bits per heavy atom. The molecular formula is C21H25N3O2. The van der Waals surface area contributed by atoms with Crippen LogP contribution in [0.5, 0.6) is 0 Å². The highest BCUT2D eigenvalue weighted by atomic mass is 16.2. The third kappa shape index (κ3) is 4.63. The van der Waals surface area contributed by atoms with Crippen LogP contribution in [0.2, 0.25) is 0 Å². The van der Waals surface area contributed by atoms with E-state index in [1.54, 1.807) is 0 Å². The van der Waals surface area contributed by atoms with Gasteiger partial charge in [-0.2, -0.15) is 0 Å². The minimum Gasteiger partial charge on any atom is -0.376 e. The predicted molar refractivity (Wildman–Crippen MR) is 106 cm³/mol. The maximum atomic E-state index is 12.3. The second-order valence-corrected chi connectivity index (χ2v) is 7.01. The molecule has 26 heavy (non-hydrogen) atoms. The molecular weight excluding hydrogens is 326 g/mol. The van der Waals surface area contributed by atoms with E-state index in [0.29, 0.717) is 0 Å². The van der Waals surface area contributed by atoms with Crippen LogP contribution in [-0.4, -0.2) is 18.4 Å². The number of anilines is 3. The summed E-state index contributed by atoms with van der Waals surface area (Å²) in [4.78, 5) is 24.2. The molecule has 0 saturated heterocycles. The molecule has 2 amide bonds. The molecule has 5 nitrogen and oxygen atoms in total. The first-order valence-corrected chi connectivity index (χ1v) is 8.95. The molecule has 1 aliphatic carbocycles. The Kier molecular flexibility index (Phi) is 5.26. The maximum Gasteiger partial charge on any atom is 0.243 e. The smallest absolute Gasteiger partial charge is 0.243 e. The fraction of sp³-hybridized carbons (Fsp3) is 0.333. The van der Waals surface area contributed by atoms with Crippen LogP contribution < -0.4 is 16.0 Å². The second-order valence-electron chi connectivity index (χ2n) is 7.01. The number of nitrogens with one attached hydrogen (secondary N) is 3. The maximum absolute atomic E-state index is 12.3. The minimum atomic E-state index is -0.108. The topological polar surface area (TPSA) is 70.2 Å². The highest BCUT2D eigenvalue weighted by Gasteiger charge is 2.29. The molecule has 2 aromatic rings. The van der Waals surface area contributed by atoms with Crippen LogP contribution in [0.3, 0.4) is 0 Å². The zero-order valence-corrected chi connectivity index (χ0v) is 15.5. The number of amides is 2. The summed E-state index contributed by atoms with van der Waals surface area (Å²) in [7, 11) is 0. The summed E-state index contributed by atoms with van der Waals surface area (Å²) in [5.41, 5.74) is 5.65. The van der Waals surface area contributed by atoms with Crippen LogP contribution in [0.15, 0.2) is 36.4 Å². The monoisotopic (exact) mass is 351 g/mol. The molecule has 5 heteroatoms. The molecule has 0 aliphatic heterocycles. The Hall–Kier alpha value is -2.82. The van der Waals surface area contributed by atoms with Crippen molar-refractivity contribution in [3.05, 3.63) is 53.1 Å². The molecule has 0 unspecified atom stereocenters. The van der Waals surface area contributed by atoms with Crippen molar-refractivity contribution in [1.29, 1.82) is 0 Å². The van der Waals surface area contributed by atoms with Crippen LogP contribution in [0.25, 0.3) is 0 Å². The van der Waals surface area contributed by atoms with Crippen molar-refractivity contribution in [2.24, 2.45) is 5.92 Å². The number of benzene rings is 2. The van der Waals surface area contributed by atoms with Gasteiger partial charge in [0, 0.05) is 23.0 Å². The van der Waals surface area contributed by atoms with Crippen molar-refractivity contribution in [1.82, 2.24) is 0 Å². The molecule has 2 aromatic carbocycles. The van der Waals surface area contributed by atoms with Crippen molar-refractivity contribution in [2.75, 3.05) is 22.5 Å². The Bertz CT molecular complexity index is 841. The summed E-state index contributed by atoms with van der Waals surface area (Å²) in [5, 5.41) is 9.02. The van der Waals surface area contributed by atoms with Crippen LogP contribution in [-0.2, 0) is 9.59 Å². The van der Waals surface area contributed by atoms with Gasteiger partial charge >= 0.3 is 0 Å². The highest BCUT2D eigenvalue weighted by molar-refractivity contribution is 5.96. The molecule has 1 fully saturated rings. The van der Waals surface area contributed by atoms with Gasteiger partial charge in [-0.1, -0.05) is 23.8 Å². The van der Waals surface area contributed by atoms with Crippen LogP contribution >= 0.6 is 0 Å². The largest absolute Gasteiger partial charge is 0.376 e. The van der Waals surface area contributed by atoms with Gasteiger partial charge in [0.2, 0.25) is 11.8 Å². The van der Waals surface area contributed by atoms with Crippen LogP contribution in [0.4, 0.5) is 17.1 Å². The van der Waals surface area contributed by atoms with E-state index in [2.05, 4.69) is 16.0 Å². The fourth-order valence-corrected chi connectivity index (χ4v) is 2.80. The first kappa shape index (κ1) is 18.0. The SMILES string of the molecule is Cc1ccc(NC(=O)CNc2cc(NC(=O)C3CC3)ccc2C)c(C)c1. The first-order chi connectivity index (χ1) is 12.4. The molecule has 1 saturated carbocycles. The van der Waals surface area contributed by atoms with E-state index in [1.165, 1.54) is 5.56 Å². The second kappa shape index (κ2) is 7.60. The van der Waals surface area contributed by atoms with E-state index in [4.69, 9.17) is 0 Å². The number of carbonyl (C=O) groups excluding carboxylic acids is 2. The third-order valence-corrected chi connectivity index (χ3v) is 4.55. The van der Waals surface area contributed by atoms with E-state index >= 15 is 0 Å². The number of rotatable bonds is 6. The number of aryl methyl sites for hydroxylation is 3. The van der Waals surface area contributed by atoms with E-state index in [1.807, 2.05) is 57.2 Å². The van der Waals surface area contributed by atoms with Gasteiger partial charge in [-0.3, -0.25) is 9.59 Å². The minimum absolute atomic E-state index is 0.0763. The summed E-state index contributed by atoms with van der Waals surface area (Å²) in [6.07, 6.45) is 1.95. The van der Waals surface area contributed by atoms with E-state index in [-0.39, 0.29) is 24.3 Å². The van der Waals surface area contributed by atoms with Crippen molar-refractivity contribution >= 4 is 28.9 Å². The lowest BCUT2D eigenvalue weighted by Crippen LogP contribution is -2.22. The normalized spacial score (nSPS) is 13.2. The van der Waals surface area contributed by atoms with E-state index in [9.17, 15) is 9.59 Å². The standard InChI is InChI=1S/C21H25N3O2/c1-13-4-9-18(15(3)10-13)24-20(25)12-22-19-11-17(8-5-14(19)2)23-21(26)16-6-7-16/h4-5,8-11,16,22H,6-7,12H2,1-3H3,(H,23,26)(H,24,25). The molecule has 0 atom stereocenters. The molecule has 0 heterocycles. The van der Waals surface area contributed by atoms with Crippen LogP contribution in [0.1, 0.15) is 29.5 Å². The summed E-state index contributed by atoms with van der Waals surface area (Å²) in [6, 6.07) is 11.6. The number of hydrogen-bond acceptors (Lipinski definition) is 3. The number of carbonyl (C=O) groups is 2. The zero-order valence-electron chi connectivity index (χ0n) is 15.5. The summed E-state index contributed by atoms with van der Waals surface area (Å²) in [5.74, 6) is 0.132. The summed E-state index contributed by atoms with van der Waals surface area (Å²) in [6.45, 7) is 6.13. The van der Waals surface area contributed by atoms with Crippen molar-refractivity contribution in [3.63, 3.8) is 0 Å². The van der Waals surface area contributed by atoms with Gasteiger partial charge in [-0.15, -0.1) is 0 Å². The van der Waals surface area contributed by atoms with Crippen molar-refractivity contribution in [3.8, 4) is 0 Å². The molecule has 136 valence electrons. The molecule has 0 radical (unpaired) electrons. The molecule has 0 bridgehead atoms. The van der Waals surface area contributed by atoms with Gasteiger partial charge in [-0.25, -0.2) is 0 Å². The van der Waals surface area contributed by atoms with E-state index in [0.717, 1.165) is 41.0 Å². The van der Waals surface area contributed by atoms with Crippen molar-refractivity contribution < 1.29 is 9.59 Å². The molecule has 0 spiro atoms. The average Bonchev–Trinajstić information content (AvgIpc) is 3.43. The first-order valence-electron chi connectivity index (χ1n) is 8.95. The average molecular weight is 351 g/mol. The zero-order chi connectivity index (χ0) is 18.7. The summed E-state index contributed by atoms with van der Waals surface area (Å²) < 4.78 is 0. The Morgan fingerprint density at radius 1 is 0.923 bits per heavy atom. The van der Waals surface area contributed by atoms with Gasteiger partial charge in [0.25, 0.3) is 0 Å². The summed E-state index contributed by atoms with van der Waals surface area (Å²) >= 11 is 0. The Morgan fingerprint density at radius 2 is 1.69 bits per heavy atom. The number of hydrogen-bond donors (Lipinski definition) is 3. The van der Waals surface area contributed by atoms with Crippen LogP contribution in [0, 0.1) is 26.7 Å². The third-order valence-electron chi connectivity index (χ3n) is 4.55. The van der Waals surface area contributed by atoms with Gasteiger partial charge in [0.1, 0.15) is 0 Å². The lowest BCUT2D eigenvalue weighted by atomic mass is 10.1. The molecule has 3 N–H and O–H groups in total. The molecule has 3 rings (SSSR count). The predicted octanol–water partition coefficient (Wildman–Crippen LogP) is 4.01. The van der Waals surface area contributed by atoms with Gasteiger partial charge < -0.3 is 16.0 Å². The van der Waals surface area contributed by atoms with Crippen molar-refractivity contribution in [2.45, 2.75) is 33.6 Å². The molecule has 1 aliphatic rings. The fourth-order valence-electron chi connectivity index (χ4n) is 2.80. The van der Waals surface area contributed by atoms with E-state index < -0.39 is 0 Å². The molecule has 0 aromatic heterocycles. The van der Waals surface area contributed by atoms with Gasteiger partial charge in [0.05, 0.1) is 6.54 Å². The van der Waals surface area contributed by atoms with Gasteiger partial charge in [-0.05, 0) is 62.9 Å².